The molecular formula is C18H17F3N2O2. The second-order valence-electron chi connectivity index (χ2n) is 5.57. The lowest BCUT2D eigenvalue weighted by molar-refractivity contribution is -0.137. The molecule has 132 valence electrons. The molecule has 0 radical (unpaired) electrons. The van der Waals surface area contributed by atoms with Crippen molar-refractivity contribution in [3.05, 3.63) is 59.7 Å². The number of carbonyl (C=O) groups excluding carboxylic acids is 2. The highest BCUT2D eigenvalue weighted by Crippen LogP contribution is 2.30. The number of aryl methyl sites for hydroxylation is 1. The van der Waals surface area contributed by atoms with Crippen LogP contribution in [-0.4, -0.2) is 18.4 Å². The topological polar surface area (TPSA) is 49.4 Å². The zero-order chi connectivity index (χ0) is 18.6. The van der Waals surface area contributed by atoms with Gasteiger partial charge in [0, 0.05) is 18.3 Å². The number of carbonyl (C=O) groups is 2. The van der Waals surface area contributed by atoms with Crippen LogP contribution in [0.3, 0.4) is 0 Å². The van der Waals surface area contributed by atoms with Crippen LogP contribution in [-0.2, 0) is 15.8 Å². The number of hydrogen-bond donors (Lipinski definition) is 1. The van der Waals surface area contributed by atoms with E-state index in [2.05, 4.69) is 5.32 Å². The Morgan fingerprint density at radius 2 is 1.72 bits per heavy atom. The van der Waals surface area contributed by atoms with Crippen LogP contribution < -0.4 is 10.2 Å². The van der Waals surface area contributed by atoms with Gasteiger partial charge in [0.25, 0.3) is 0 Å². The normalized spacial score (nSPS) is 11.1. The molecule has 0 fully saturated rings. The van der Waals surface area contributed by atoms with Crippen LogP contribution in [0.15, 0.2) is 48.5 Å². The molecule has 0 saturated carbocycles. The van der Waals surface area contributed by atoms with Crippen molar-refractivity contribution in [3.8, 4) is 0 Å². The first-order valence-electron chi connectivity index (χ1n) is 7.48. The van der Waals surface area contributed by atoms with Crippen LogP contribution in [0.5, 0.6) is 0 Å². The summed E-state index contributed by atoms with van der Waals surface area (Å²) in [4.78, 5) is 25.1. The third kappa shape index (κ3) is 5.07. The van der Waals surface area contributed by atoms with Crippen molar-refractivity contribution in [1.29, 1.82) is 0 Å². The lowest BCUT2D eigenvalue weighted by Crippen LogP contribution is -2.36. The summed E-state index contributed by atoms with van der Waals surface area (Å²) >= 11 is 0. The van der Waals surface area contributed by atoms with Crippen LogP contribution in [0.1, 0.15) is 18.1 Å². The van der Waals surface area contributed by atoms with E-state index in [1.54, 1.807) is 18.2 Å². The Bertz CT molecular complexity index is 771. The predicted octanol–water partition coefficient (Wildman–Crippen LogP) is 4.01. The standard InChI is InChI=1S/C18H17F3N2O2/c1-12-4-3-5-15(10-12)22-17(25)11-23(13(2)24)16-8-6-14(7-9-16)18(19,20)21/h3-10H,11H2,1-2H3,(H,22,25). The van der Waals surface area contributed by atoms with Crippen LogP contribution >= 0.6 is 0 Å². The largest absolute Gasteiger partial charge is 0.416 e. The number of amides is 2. The van der Waals surface area contributed by atoms with E-state index in [9.17, 15) is 22.8 Å². The summed E-state index contributed by atoms with van der Waals surface area (Å²) < 4.78 is 37.9. The van der Waals surface area contributed by atoms with Crippen molar-refractivity contribution in [1.82, 2.24) is 0 Å². The Kier molecular flexibility index (Phi) is 5.46. The lowest BCUT2D eigenvalue weighted by Gasteiger charge is -2.21. The van der Waals surface area contributed by atoms with Crippen LogP contribution in [0.25, 0.3) is 0 Å². The van der Waals surface area contributed by atoms with Gasteiger partial charge in [-0.15, -0.1) is 0 Å². The Balaban J connectivity index is 2.13. The van der Waals surface area contributed by atoms with E-state index in [4.69, 9.17) is 0 Å². The second-order valence-corrected chi connectivity index (χ2v) is 5.57. The molecule has 2 aromatic carbocycles. The number of alkyl halides is 3. The van der Waals surface area contributed by atoms with E-state index < -0.39 is 23.6 Å². The molecule has 0 spiro atoms. The Labute approximate surface area is 143 Å². The molecule has 2 aromatic rings. The fourth-order valence-electron chi connectivity index (χ4n) is 2.28. The van der Waals surface area contributed by atoms with E-state index in [1.165, 1.54) is 19.1 Å². The van der Waals surface area contributed by atoms with Gasteiger partial charge in [-0.05, 0) is 48.9 Å². The van der Waals surface area contributed by atoms with Crippen molar-refractivity contribution in [3.63, 3.8) is 0 Å². The molecule has 0 atom stereocenters. The van der Waals surface area contributed by atoms with E-state index in [0.29, 0.717) is 5.69 Å². The second kappa shape index (κ2) is 7.38. The van der Waals surface area contributed by atoms with Gasteiger partial charge in [-0.25, -0.2) is 0 Å². The van der Waals surface area contributed by atoms with E-state index in [1.807, 2.05) is 13.0 Å². The van der Waals surface area contributed by atoms with Crippen molar-refractivity contribution in [2.45, 2.75) is 20.0 Å². The van der Waals surface area contributed by atoms with Crippen molar-refractivity contribution in [2.24, 2.45) is 0 Å². The monoisotopic (exact) mass is 350 g/mol. The molecule has 0 bridgehead atoms. The van der Waals surface area contributed by atoms with Gasteiger partial charge < -0.3 is 10.2 Å². The van der Waals surface area contributed by atoms with Gasteiger partial charge in [0.15, 0.2) is 0 Å². The third-order valence-corrected chi connectivity index (χ3v) is 3.49. The van der Waals surface area contributed by atoms with Crippen molar-refractivity contribution >= 4 is 23.2 Å². The fraction of sp³-hybridized carbons (Fsp3) is 0.222. The van der Waals surface area contributed by atoms with Gasteiger partial charge in [-0.2, -0.15) is 13.2 Å². The Morgan fingerprint density at radius 1 is 1.08 bits per heavy atom. The quantitative estimate of drug-likeness (QED) is 0.906. The molecule has 0 heterocycles. The Morgan fingerprint density at radius 3 is 2.24 bits per heavy atom. The molecule has 1 N–H and O–H groups in total. The van der Waals surface area contributed by atoms with Crippen LogP contribution in [0, 0.1) is 6.92 Å². The summed E-state index contributed by atoms with van der Waals surface area (Å²) in [5, 5.41) is 2.66. The van der Waals surface area contributed by atoms with Gasteiger partial charge >= 0.3 is 6.18 Å². The number of nitrogens with zero attached hydrogens (tertiary/aromatic N) is 1. The molecule has 2 amide bonds. The van der Waals surface area contributed by atoms with Crippen molar-refractivity contribution in [2.75, 3.05) is 16.8 Å². The first-order chi connectivity index (χ1) is 11.7. The maximum Gasteiger partial charge on any atom is 0.416 e. The molecule has 2 rings (SSSR count). The van der Waals surface area contributed by atoms with E-state index >= 15 is 0 Å². The molecule has 25 heavy (non-hydrogen) atoms. The first kappa shape index (κ1) is 18.5. The summed E-state index contributed by atoms with van der Waals surface area (Å²) in [5.41, 5.74) is 0.953. The van der Waals surface area contributed by atoms with Crippen molar-refractivity contribution < 1.29 is 22.8 Å². The SMILES string of the molecule is CC(=O)N(CC(=O)Nc1cccc(C)c1)c1ccc(C(F)(F)F)cc1. The zero-order valence-corrected chi connectivity index (χ0v) is 13.7. The fourth-order valence-corrected chi connectivity index (χ4v) is 2.28. The van der Waals surface area contributed by atoms with Gasteiger partial charge in [0.2, 0.25) is 11.8 Å². The minimum atomic E-state index is -4.46. The summed E-state index contributed by atoms with van der Waals surface area (Å²) in [6, 6.07) is 11.2. The highest BCUT2D eigenvalue weighted by molar-refractivity contribution is 6.01. The summed E-state index contributed by atoms with van der Waals surface area (Å²) in [6.07, 6.45) is -4.46. The summed E-state index contributed by atoms with van der Waals surface area (Å²) in [7, 11) is 0. The summed E-state index contributed by atoms with van der Waals surface area (Å²) in [5.74, 6) is -0.889. The highest BCUT2D eigenvalue weighted by Gasteiger charge is 2.30. The number of nitrogens with one attached hydrogen (secondary N) is 1. The van der Waals surface area contributed by atoms with E-state index in [0.717, 1.165) is 22.6 Å². The van der Waals surface area contributed by atoms with Gasteiger partial charge in [0.05, 0.1) is 5.56 Å². The smallest absolute Gasteiger partial charge is 0.325 e. The first-order valence-corrected chi connectivity index (χ1v) is 7.48. The van der Waals surface area contributed by atoms with Gasteiger partial charge in [-0.1, -0.05) is 12.1 Å². The number of halogens is 3. The molecule has 4 nitrogen and oxygen atoms in total. The Hall–Kier alpha value is -2.83. The molecule has 0 unspecified atom stereocenters. The predicted molar refractivity (Wildman–Crippen MR) is 89.3 cm³/mol. The maximum atomic E-state index is 12.6. The van der Waals surface area contributed by atoms with Crippen LogP contribution in [0.2, 0.25) is 0 Å². The van der Waals surface area contributed by atoms with Gasteiger partial charge in [0.1, 0.15) is 6.54 Å². The molecule has 0 aromatic heterocycles. The minimum Gasteiger partial charge on any atom is -0.325 e. The molecule has 0 aliphatic rings. The van der Waals surface area contributed by atoms with Gasteiger partial charge in [-0.3, -0.25) is 9.59 Å². The molecule has 0 aliphatic heterocycles. The zero-order valence-electron chi connectivity index (χ0n) is 13.7. The molecule has 0 aliphatic carbocycles. The van der Waals surface area contributed by atoms with Crippen LogP contribution in [0.4, 0.5) is 24.5 Å². The molecule has 0 saturated heterocycles. The number of hydrogen-bond acceptors (Lipinski definition) is 2. The maximum absolute atomic E-state index is 12.6. The number of rotatable bonds is 4. The number of benzene rings is 2. The van der Waals surface area contributed by atoms with E-state index in [-0.39, 0.29) is 12.2 Å². The molecular weight excluding hydrogens is 333 g/mol. The average molecular weight is 350 g/mol. The third-order valence-electron chi connectivity index (χ3n) is 3.49. The molecule has 7 heteroatoms. The minimum absolute atomic E-state index is 0.222. The highest BCUT2D eigenvalue weighted by atomic mass is 19.4. The number of anilines is 2. The average Bonchev–Trinajstić information content (AvgIpc) is 2.51. The lowest BCUT2D eigenvalue weighted by atomic mass is 10.2. The summed E-state index contributed by atoms with van der Waals surface area (Å²) in [6.45, 7) is 2.83.